The third-order valence-corrected chi connectivity index (χ3v) is 2.07. The van der Waals surface area contributed by atoms with Crippen molar-refractivity contribution in [3.8, 4) is 0 Å². The molecule has 0 saturated carbocycles. The van der Waals surface area contributed by atoms with Gasteiger partial charge in [-0.1, -0.05) is 25.1 Å². The first-order valence-corrected chi connectivity index (χ1v) is 4.21. The van der Waals surface area contributed by atoms with Crippen LogP contribution in [0.2, 0.25) is 0 Å². The third kappa shape index (κ3) is 1.83. The minimum atomic E-state index is -0.742. The number of carbonyl (C=O) groups is 2. The van der Waals surface area contributed by atoms with E-state index < -0.39 is 6.26 Å². The van der Waals surface area contributed by atoms with Crippen molar-refractivity contribution >= 4 is 12.0 Å². The molecule has 0 aliphatic heterocycles. The van der Waals surface area contributed by atoms with Gasteiger partial charge in [0.1, 0.15) is 7.63 Å². The molecule has 0 bridgehead atoms. The summed E-state index contributed by atoms with van der Waals surface area (Å²) in [4.78, 5) is 22.3. The van der Waals surface area contributed by atoms with Crippen molar-refractivity contribution in [1.29, 1.82) is 0 Å². The van der Waals surface area contributed by atoms with Crippen molar-refractivity contribution in [2.45, 2.75) is 20.3 Å². The second kappa shape index (κ2) is 3.99. The summed E-state index contributed by atoms with van der Waals surface area (Å²) >= 11 is 0. The van der Waals surface area contributed by atoms with Crippen LogP contribution in [0.5, 0.6) is 0 Å². The van der Waals surface area contributed by atoms with Crippen molar-refractivity contribution in [2.75, 3.05) is 0 Å². The number of hydrogen-bond acceptors (Lipinski definition) is 2. The number of aldehydes is 1. The maximum Gasteiger partial charge on any atom is 0.162 e. The standard InChI is InChI=1S/C11H12O2/c1-3-11(13)10-6-4-5-9(7-12)8(10)2/h4-7H,3H2,1-2H3/i7T. The molecule has 0 aliphatic rings. The lowest BCUT2D eigenvalue weighted by molar-refractivity contribution is 0.0987. The van der Waals surface area contributed by atoms with Crippen LogP contribution in [-0.4, -0.2) is 12.0 Å². The van der Waals surface area contributed by atoms with Crippen LogP contribution < -0.4 is 0 Å². The fourth-order valence-electron chi connectivity index (χ4n) is 1.24. The summed E-state index contributed by atoms with van der Waals surface area (Å²) in [5.74, 6) is 0.00519. The van der Waals surface area contributed by atoms with Gasteiger partial charge in [-0.25, -0.2) is 0 Å². The van der Waals surface area contributed by atoms with Crippen LogP contribution >= 0.6 is 0 Å². The van der Waals surface area contributed by atoms with E-state index in [2.05, 4.69) is 0 Å². The third-order valence-electron chi connectivity index (χ3n) is 2.07. The molecule has 0 N–H and O–H groups in total. The summed E-state index contributed by atoms with van der Waals surface area (Å²) in [5, 5.41) is 0. The molecule has 2 nitrogen and oxygen atoms in total. The van der Waals surface area contributed by atoms with Gasteiger partial charge < -0.3 is 0 Å². The molecule has 0 saturated heterocycles. The summed E-state index contributed by atoms with van der Waals surface area (Å²) in [6.45, 7) is 3.47. The van der Waals surface area contributed by atoms with Gasteiger partial charge in [0.25, 0.3) is 0 Å². The molecule has 13 heavy (non-hydrogen) atoms. The average molecular weight is 178 g/mol. The molecule has 0 spiro atoms. The van der Waals surface area contributed by atoms with Gasteiger partial charge in [0.15, 0.2) is 5.78 Å². The molecule has 0 aliphatic carbocycles. The van der Waals surface area contributed by atoms with E-state index >= 15 is 0 Å². The quantitative estimate of drug-likeness (QED) is 0.526. The lowest BCUT2D eigenvalue weighted by Crippen LogP contribution is -2.01. The molecule has 0 radical (unpaired) electrons. The summed E-state index contributed by atoms with van der Waals surface area (Å²) < 4.78 is 7.00. The zero-order chi connectivity index (χ0) is 10.7. The summed E-state index contributed by atoms with van der Waals surface area (Å²) in [7, 11) is 0. The molecular formula is C11H12O2. The van der Waals surface area contributed by atoms with Gasteiger partial charge in [0, 0.05) is 17.5 Å². The Kier molecular flexibility index (Phi) is 2.51. The van der Waals surface area contributed by atoms with E-state index in [1.807, 2.05) is 0 Å². The number of rotatable bonds is 3. The topological polar surface area (TPSA) is 34.1 Å². The normalized spacial score (nSPS) is 10.8. The van der Waals surface area contributed by atoms with Crippen molar-refractivity contribution in [1.82, 2.24) is 0 Å². The van der Waals surface area contributed by atoms with Gasteiger partial charge >= 0.3 is 0 Å². The molecule has 0 atom stereocenters. The Morgan fingerprint density at radius 1 is 1.62 bits per heavy atom. The summed E-state index contributed by atoms with van der Waals surface area (Å²) in [5.41, 5.74) is 1.47. The van der Waals surface area contributed by atoms with Crippen LogP contribution in [0.3, 0.4) is 0 Å². The van der Waals surface area contributed by atoms with Gasteiger partial charge in [-0.15, -0.1) is 0 Å². The molecule has 0 aromatic heterocycles. The van der Waals surface area contributed by atoms with Crippen molar-refractivity contribution in [3.05, 3.63) is 34.9 Å². The lowest BCUT2D eigenvalue weighted by Gasteiger charge is -2.04. The number of benzene rings is 1. The molecule has 1 rings (SSSR count). The highest BCUT2D eigenvalue weighted by atomic mass is 16.1. The van der Waals surface area contributed by atoms with E-state index in [9.17, 15) is 9.59 Å². The zero-order valence-corrected chi connectivity index (χ0v) is 7.76. The molecule has 2 heteroatoms. The van der Waals surface area contributed by atoms with E-state index in [-0.39, 0.29) is 5.78 Å². The van der Waals surface area contributed by atoms with Crippen LogP contribution in [0.15, 0.2) is 18.2 Å². The average Bonchev–Trinajstić information content (AvgIpc) is 2.16. The van der Waals surface area contributed by atoms with Crippen LogP contribution in [-0.2, 0) is 0 Å². The van der Waals surface area contributed by atoms with Gasteiger partial charge in [-0.3, -0.25) is 9.59 Å². The Labute approximate surface area is 79.0 Å². The van der Waals surface area contributed by atoms with Crippen LogP contribution in [0, 0.1) is 6.92 Å². The predicted octanol–water partition coefficient (Wildman–Crippen LogP) is 2.40. The van der Waals surface area contributed by atoms with Crippen LogP contribution in [0.25, 0.3) is 0 Å². The highest BCUT2D eigenvalue weighted by Crippen LogP contribution is 2.13. The summed E-state index contributed by atoms with van der Waals surface area (Å²) in [6.07, 6.45) is -0.329. The van der Waals surface area contributed by atoms with Gasteiger partial charge in [-0.05, 0) is 12.5 Å². The first-order chi connectivity index (χ1) is 6.57. The number of Topliss-reactive ketones (excluding diaryl/α,β-unsaturated/α-hetero) is 1. The molecule has 1 aromatic carbocycles. The lowest BCUT2D eigenvalue weighted by atomic mass is 9.99. The molecule has 0 unspecified atom stereocenters. The van der Waals surface area contributed by atoms with Gasteiger partial charge in [0.05, 0.1) is 0 Å². The Balaban J connectivity index is 3.27. The second-order valence-electron chi connectivity index (χ2n) is 2.86. The molecule has 0 fully saturated rings. The zero-order valence-electron chi connectivity index (χ0n) is 8.76. The van der Waals surface area contributed by atoms with E-state index in [4.69, 9.17) is 1.37 Å². The Morgan fingerprint density at radius 3 is 2.85 bits per heavy atom. The molecule has 1 aromatic rings. The van der Waals surface area contributed by atoms with Crippen LogP contribution in [0.4, 0.5) is 0 Å². The van der Waals surface area contributed by atoms with E-state index in [0.717, 1.165) is 0 Å². The fourth-order valence-corrected chi connectivity index (χ4v) is 1.24. The molecular weight excluding hydrogens is 164 g/mol. The van der Waals surface area contributed by atoms with Crippen LogP contribution in [0.1, 0.15) is 41.0 Å². The molecule has 68 valence electrons. The van der Waals surface area contributed by atoms with Gasteiger partial charge in [-0.2, -0.15) is 0 Å². The minimum Gasteiger partial charge on any atom is -0.298 e. The number of ketones is 1. The maximum absolute atomic E-state index is 11.4. The fraction of sp³-hybridized carbons (Fsp3) is 0.273. The number of carbonyl (C=O) groups excluding carboxylic acids is 2. The first-order valence-electron chi connectivity index (χ1n) is 4.71. The Hall–Kier alpha value is -1.44. The maximum atomic E-state index is 11.4. The predicted molar refractivity (Wildman–Crippen MR) is 51.2 cm³/mol. The first kappa shape index (κ1) is 8.17. The Bertz CT molecular complexity index is 383. The largest absolute Gasteiger partial charge is 0.298 e. The van der Waals surface area contributed by atoms with E-state index in [1.165, 1.54) is 0 Å². The summed E-state index contributed by atoms with van der Waals surface area (Å²) in [6, 6.07) is 4.89. The van der Waals surface area contributed by atoms with E-state index in [1.54, 1.807) is 32.0 Å². The highest BCUT2D eigenvalue weighted by Gasteiger charge is 2.08. The molecule has 0 amide bonds. The minimum absolute atomic E-state index is 0.00519. The second-order valence-corrected chi connectivity index (χ2v) is 2.86. The van der Waals surface area contributed by atoms with Gasteiger partial charge in [0.2, 0.25) is 0 Å². The van der Waals surface area contributed by atoms with Crippen molar-refractivity contribution in [2.24, 2.45) is 0 Å². The SMILES string of the molecule is [3H]C(=O)c1cccc(C(=O)CC)c1C. The smallest absolute Gasteiger partial charge is 0.162 e. The monoisotopic (exact) mass is 178 g/mol. The Morgan fingerprint density at radius 2 is 2.31 bits per heavy atom. The molecule has 0 heterocycles. The highest BCUT2D eigenvalue weighted by molar-refractivity contribution is 5.99. The van der Waals surface area contributed by atoms with E-state index in [0.29, 0.717) is 23.1 Å². The number of hydrogen-bond donors (Lipinski definition) is 0. The van der Waals surface area contributed by atoms with Crippen molar-refractivity contribution < 1.29 is 11.0 Å². The van der Waals surface area contributed by atoms with Crippen molar-refractivity contribution in [3.63, 3.8) is 0 Å².